The summed E-state index contributed by atoms with van der Waals surface area (Å²) in [4.78, 5) is 34.8. The van der Waals surface area contributed by atoms with E-state index < -0.39 is 11.9 Å². The highest BCUT2D eigenvalue weighted by atomic mass is 32.1. The molecule has 0 saturated heterocycles. The molecule has 0 aliphatic carbocycles. The molecule has 0 radical (unpaired) electrons. The minimum absolute atomic E-state index is 0.298. The second-order valence-corrected chi connectivity index (χ2v) is 7.74. The lowest BCUT2D eigenvalue weighted by molar-refractivity contribution is -0.147. The first kappa shape index (κ1) is 20.0. The number of aromatic nitrogens is 2. The molecule has 2 aromatic heterocycles. The van der Waals surface area contributed by atoms with Crippen molar-refractivity contribution in [2.24, 2.45) is 4.99 Å². The van der Waals surface area contributed by atoms with E-state index in [0.717, 1.165) is 21.1 Å². The number of benzene rings is 2. The minimum Gasteiger partial charge on any atom is -0.464 e. The molecule has 0 aliphatic heterocycles. The number of carbonyl (C=O) groups excluding carboxylic acids is 2. The van der Waals surface area contributed by atoms with E-state index in [1.807, 2.05) is 60.0 Å². The molecule has 2 heterocycles. The third-order valence-electron chi connectivity index (χ3n) is 4.82. The Hall–Kier alpha value is -3.32. The summed E-state index contributed by atoms with van der Waals surface area (Å²) in [6, 6.07) is 16.6. The van der Waals surface area contributed by atoms with Crippen LogP contribution >= 0.6 is 11.3 Å². The maximum atomic E-state index is 13.0. The molecule has 4 rings (SSSR count). The molecular weight excluding hydrogens is 398 g/mol. The van der Waals surface area contributed by atoms with Gasteiger partial charge in [0, 0.05) is 11.6 Å². The van der Waals surface area contributed by atoms with Crippen LogP contribution in [0.5, 0.6) is 0 Å². The lowest BCUT2D eigenvalue weighted by atomic mass is 10.1. The van der Waals surface area contributed by atoms with Gasteiger partial charge in [-0.15, -0.1) is 0 Å². The van der Waals surface area contributed by atoms with Gasteiger partial charge in [-0.1, -0.05) is 48.6 Å². The van der Waals surface area contributed by atoms with Crippen LogP contribution in [0.3, 0.4) is 0 Å². The summed E-state index contributed by atoms with van der Waals surface area (Å²) in [6.45, 7) is 3.99. The Morgan fingerprint density at radius 2 is 1.90 bits per heavy atom. The first-order chi connectivity index (χ1) is 14.6. The van der Waals surface area contributed by atoms with E-state index in [4.69, 9.17) is 4.74 Å². The molecule has 0 fully saturated rings. The Bertz CT molecular complexity index is 1310. The summed E-state index contributed by atoms with van der Waals surface area (Å²) >= 11 is 1.38. The van der Waals surface area contributed by atoms with E-state index >= 15 is 0 Å². The number of thiazole rings is 1. The second-order valence-electron chi connectivity index (χ2n) is 6.73. The molecule has 2 aromatic carbocycles. The van der Waals surface area contributed by atoms with E-state index in [2.05, 4.69) is 9.98 Å². The van der Waals surface area contributed by atoms with Gasteiger partial charge in [-0.2, -0.15) is 4.99 Å². The summed E-state index contributed by atoms with van der Waals surface area (Å²) in [6.07, 6.45) is 2.06. The molecule has 0 N–H and O–H groups in total. The van der Waals surface area contributed by atoms with E-state index in [1.165, 1.54) is 17.5 Å². The van der Waals surface area contributed by atoms with Crippen molar-refractivity contribution in [3.05, 3.63) is 71.2 Å². The lowest BCUT2D eigenvalue weighted by Crippen LogP contribution is -2.29. The van der Waals surface area contributed by atoms with Crippen molar-refractivity contribution in [2.45, 2.75) is 26.3 Å². The fourth-order valence-electron chi connectivity index (χ4n) is 3.40. The smallest absolute Gasteiger partial charge is 0.329 e. The molecule has 6 nitrogen and oxygen atoms in total. The Balaban J connectivity index is 1.85. The van der Waals surface area contributed by atoms with E-state index in [-0.39, 0.29) is 5.97 Å². The maximum absolute atomic E-state index is 13.0. The molecule has 0 spiro atoms. The highest BCUT2D eigenvalue weighted by Gasteiger charge is 2.24. The Morgan fingerprint density at radius 3 is 2.70 bits per heavy atom. The Morgan fingerprint density at radius 1 is 1.13 bits per heavy atom. The van der Waals surface area contributed by atoms with Gasteiger partial charge in [0.25, 0.3) is 5.91 Å². The number of fused-ring (bicyclic) bond motifs is 2. The predicted molar refractivity (Wildman–Crippen MR) is 117 cm³/mol. The van der Waals surface area contributed by atoms with Crippen LogP contribution in [0.15, 0.2) is 65.8 Å². The SMILES string of the molecule is CCOC(=O)C(CC)n1c(=NC(=O)c2cnc3ccccc3c2)sc2ccccc21. The van der Waals surface area contributed by atoms with Crippen LogP contribution in [0.1, 0.15) is 36.7 Å². The van der Waals surface area contributed by atoms with Crippen LogP contribution in [0.4, 0.5) is 0 Å². The molecule has 4 aromatic rings. The van der Waals surface area contributed by atoms with Crippen molar-refractivity contribution in [1.82, 2.24) is 9.55 Å². The zero-order valence-electron chi connectivity index (χ0n) is 16.7. The van der Waals surface area contributed by atoms with Gasteiger partial charge in [-0.3, -0.25) is 9.78 Å². The standard InChI is InChI=1S/C23H21N3O3S/c1-3-18(22(28)29-4-2)26-19-11-7-8-12-20(19)30-23(26)25-21(27)16-13-15-9-5-6-10-17(15)24-14-16/h5-14,18H,3-4H2,1-2H3. The molecule has 7 heteroatoms. The summed E-state index contributed by atoms with van der Waals surface area (Å²) in [5.74, 6) is -0.725. The van der Waals surface area contributed by atoms with Crippen molar-refractivity contribution in [3.8, 4) is 0 Å². The van der Waals surface area contributed by atoms with Gasteiger partial charge in [0.1, 0.15) is 6.04 Å². The fourth-order valence-corrected chi connectivity index (χ4v) is 4.47. The first-order valence-corrected chi connectivity index (χ1v) is 10.6. The number of pyridine rings is 1. The number of para-hydroxylation sites is 2. The van der Waals surface area contributed by atoms with Crippen LogP contribution in [0, 0.1) is 0 Å². The third kappa shape index (κ3) is 3.76. The summed E-state index contributed by atoms with van der Waals surface area (Å²) in [7, 11) is 0. The van der Waals surface area contributed by atoms with Crippen LogP contribution in [0.2, 0.25) is 0 Å². The average molecular weight is 420 g/mol. The number of rotatable bonds is 5. The molecule has 152 valence electrons. The zero-order valence-corrected chi connectivity index (χ0v) is 17.6. The van der Waals surface area contributed by atoms with Crippen molar-refractivity contribution >= 4 is 44.3 Å². The number of amides is 1. The molecule has 0 saturated carbocycles. The van der Waals surface area contributed by atoms with Crippen molar-refractivity contribution in [3.63, 3.8) is 0 Å². The number of hydrogen-bond donors (Lipinski definition) is 0. The monoisotopic (exact) mass is 419 g/mol. The third-order valence-corrected chi connectivity index (χ3v) is 5.86. The van der Waals surface area contributed by atoms with Gasteiger partial charge in [0.2, 0.25) is 0 Å². The van der Waals surface area contributed by atoms with E-state index in [1.54, 1.807) is 13.0 Å². The zero-order chi connectivity index (χ0) is 21.1. The molecular formula is C23H21N3O3S. The van der Waals surface area contributed by atoms with Crippen molar-refractivity contribution < 1.29 is 14.3 Å². The van der Waals surface area contributed by atoms with Crippen molar-refractivity contribution in [1.29, 1.82) is 0 Å². The van der Waals surface area contributed by atoms with E-state index in [9.17, 15) is 9.59 Å². The largest absolute Gasteiger partial charge is 0.464 e. The van der Waals surface area contributed by atoms with Crippen molar-refractivity contribution in [2.75, 3.05) is 6.61 Å². The summed E-state index contributed by atoms with van der Waals surface area (Å²) in [5.41, 5.74) is 2.08. The average Bonchev–Trinajstić information content (AvgIpc) is 3.12. The Kier molecular flexibility index (Phi) is 5.72. The molecule has 0 aliphatic rings. The quantitative estimate of drug-likeness (QED) is 0.446. The number of hydrogen-bond acceptors (Lipinski definition) is 5. The lowest BCUT2D eigenvalue weighted by Gasteiger charge is -2.16. The van der Waals surface area contributed by atoms with Crippen LogP contribution in [-0.2, 0) is 9.53 Å². The van der Waals surface area contributed by atoms with Gasteiger partial charge in [0.05, 0.1) is 27.9 Å². The van der Waals surface area contributed by atoms with Gasteiger partial charge in [-0.25, -0.2) is 4.79 Å². The van der Waals surface area contributed by atoms with Gasteiger partial charge in [-0.05, 0) is 37.6 Å². The minimum atomic E-state index is -0.553. The topological polar surface area (TPSA) is 73.6 Å². The number of nitrogens with zero attached hydrogens (tertiary/aromatic N) is 3. The highest BCUT2D eigenvalue weighted by Crippen LogP contribution is 2.23. The molecule has 1 unspecified atom stereocenters. The molecule has 0 bridgehead atoms. The van der Waals surface area contributed by atoms with Crippen LogP contribution < -0.4 is 4.80 Å². The predicted octanol–water partition coefficient (Wildman–Crippen LogP) is 4.51. The fraction of sp³-hybridized carbons (Fsp3) is 0.217. The number of carbonyl (C=O) groups is 2. The first-order valence-electron chi connectivity index (χ1n) is 9.83. The summed E-state index contributed by atoms with van der Waals surface area (Å²) < 4.78 is 8.03. The number of ether oxygens (including phenoxy) is 1. The van der Waals surface area contributed by atoms with Gasteiger partial charge in [0.15, 0.2) is 4.80 Å². The van der Waals surface area contributed by atoms with Crippen LogP contribution in [0.25, 0.3) is 21.1 Å². The normalized spacial score (nSPS) is 12.9. The highest BCUT2D eigenvalue weighted by molar-refractivity contribution is 7.16. The van der Waals surface area contributed by atoms with Gasteiger partial charge >= 0.3 is 5.97 Å². The second kappa shape index (κ2) is 8.59. The molecule has 1 atom stereocenters. The number of esters is 1. The van der Waals surface area contributed by atoms with E-state index in [0.29, 0.717) is 23.4 Å². The van der Waals surface area contributed by atoms with Crippen LogP contribution in [-0.4, -0.2) is 28.0 Å². The maximum Gasteiger partial charge on any atom is 0.329 e. The molecule has 1 amide bonds. The van der Waals surface area contributed by atoms with Gasteiger partial charge < -0.3 is 9.30 Å². The summed E-state index contributed by atoms with van der Waals surface area (Å²) in [5, 5.41) is 0.876. The molecule has 30 heavy (non-hydrogen) atoms. The Labute approximate surface area is 177 Å².